The molecule has 0 aromatic carbocycles. The van der Waals surface area contributed by atoms with Gasteiger partial charge in [-0.3, -0.25) is 9.59 Å². The van der Waals surface area contributed by atoms with Crippen molar-refractivity contribution in [1.82, 2.24) is 20.3 Å². The summed E-state index contributed by atoms with van der Waals surface area (Å²) in [6.07, 6.45) is 5.07. The van der Waals surface area contributed by atoms with Crippen molar-refractivity contribution < 1.29 is 4.79 Å². The van der Waals surface area contributed by atoms with Crippen molar-refractivity contribution in [3.63, 3.8) is 0 Å². The molecular weight excluding hydrogens is 300 g/mol. The lowest BCUT2D eigenvalue weighted by atomic mass is 9.97. The molecule has 2 aromatic rings. The number of hydrogen-bond donors (Lipinski definition) is 1. The summed E-state index contributed by atoms with van der Waals surface area (Å²) in [6.45, 7) is 3.86. The number of hydrogen-bond acceptors (Lipinski definition) is 5. The second kappa shape index (κ2) is 6.16. The molecule has 0 bridgehead atoms. The van der Waals surface area contributed by atoms with Gasteiger partial charge in [0, 0.05) is 10.9 Å². The van der Waals surface area contributed by atoms with Gasteiger partial charge in [0.15, 0.2) is 4.83 Å². The van der Waals surface area contributed by atoms with Crippen LogP contribution in [0.3, 0.4) is 0 Å². The van der Waals surface area contributed by atoms with Gasteiger partial charge < -0.3 is 5.32 Å². The molecule has 1 unspecified atom stereocenters. The van der Waals surface area contributed by atoms with Gasteiger partial charge >= 0.3 is 0 Å². The summed E-state index contributed by atoms with van der Waals surface area (Å²) < 4.78 is 1.18. The first kappa shape index (κ1) is 15.1. The molecule has 22 heavy (non-hydrogen) atoms. The summed E-state index contributed by atoms with van der Waals surface area (Å²) in [5, 5.41) is 11.6. The molecule has 6 nitrogen and oxygen atoms in total. The van der Waals surface area contributed by atoms with Gasteiger partial charge in [-0.1, -0.05) is 12.1 Å². The predicted molar refractivity (Wildman–Crippen MR) is 86.2 cm³/mol. The number of fused-ring (bicyclic) bond motifs is 3. The highest BCUT2D eigenvalue weighted by Crippen LogP contribution is 2.32. The van der Waals surface area contributed by atoms with Crippen molar-refractivity contribution in [3.05, 3.63) is 20.8 Å². The van der Waals surface area contributed by atoms with Crippen LogP contribution in [-0.4, -0.2) is 26.9 Å². The first-order chi connectivity index (χ1) is 10.6. The molecule has 2 heterocycles. The quantitative estimate of drug-likeness (QED) is 0.929. The van der Waals surface area contributed by atoms with E-state index in [9.17, 15) is 9.59 Å². The monoisotopic (exact) mass is 320 g/mol. The lowest BCUT2D eigenvalue weighted by molar-refractivity contribution is -0.122. The van der Waals surface area contributed by atoms with Crippen molar-refractivity contribution in [2.45, 2.75) is 58.5 Å². The molecule has 1 N–H and O–H groups in total. The highest BCUT2D eigenvalue weighted by atomic mass is 32.1. The fourth-order valence-electron chi connectivity index (χ4n) is 2.77. The van der Waals surface area contributed by atoms with Crippen LogP contribution in [0.4, 0.5) is 0 Å². The molecule has 0 fully saturated rings. The minimum Gasteiger partial charge on any atom is -0.352 e. The minimum atomic E-state index is -0.200. The van der Waals surface area contributed by atoms with Gasteiger partial charge in [0.2, 0.25) is 5.91 Å². The summed E-state index contributed by atoms with van der Waals surface area (Å²) in [6, 6.07) is 0.0915. The highest BCUT2D eigenvalue weighted by Gasteiger charge is 2.21. The first-order valence-corrected chi connectivity index (χ1v) is 8.59. The van der Waals surface area contributed by atoms with Crippen molar-refractivity contribution in [2.24, 2.45) is 0 Å². The van der Waals surface area contributed by atoms with Crippen LogP contribution in [0.2, 0.25) is 0 Å². The molecule has 0 saturated carbocycles. The summed E-state index contributed by atoms with van der Waals surface area (Å²) in [7, 11) is 0. The number of aryl methyl sites for hydroxylation is 2. The zero-order valence-corrected chi connectivity index (χ0v) is 13.7. The Balaban J connectivity index is 1.93. The van der Waals surface area contributed by atoms with Crippen LogP contribution in [0.1, 0.15) is 43.6 Å². The van der Waals surface area contributed by atoms with E-state index >= 15 is 0 Å². The molecule has 1 amide bonds. The van der Waals surface area contributed by atoms with Crippen LogP contribution in [-0.2, 0) is 24.2 Å². The van der Waals surface area contributed by atoms with E-state index in [1.807, 2.05) is 13.8 Å². The van der Waals surface area contributed by atoms with E-state index < -0.39 is 0 Å². The number of carbonyl (C=O) groups excluding carboxylic acids is 1. The molecule has 1 aliphatic carbocycles. The minimum absolute atomic E-state index is 0.0727. The number of amides is 1. The van der Waals surface area contributed by atoms with E-state index in [-0.39, 0.29) is 24.1 Å². The standard InChI is InChI=1S/C15H20N4O2S/c1-3-9(2)16-12(20)8-19-15(21)13-10-6-4-5-7-11(10)22-14(13)17-18-19/h9H,3-8H2,1-2H3,(H,16,20). The van der Waals surface area contributed by atoms with Gasteiger partial charge in [-0.15, -0.1) is 16.4 Å². The number of rotatable bonds is 4. The van der Waals surface area contributed by atoms with Gasteiger partial charge in [0.05, 0.1) is 5.39 Å². The van der Waals surface area contributed by atoms with Crippen LogP contribution >= 0.6 is 11.3 Å². The maximum atomic E-state index is 12.6. The van der Waals surface area contributed by atoms with E-state index in [1.54, 1.807) is 11.3 Å². The lowest BCUT2D eigenvalue weighted by Gasteiger charge is -2.12. The van der Waals surface area contributed by atoms with Gasteiger partial charge in [-0.05, 0) is 44.6 Å². The van der Waals surface area contributed by atoms with E-state index in [0.29, 0.717) is 10.2 Å². The molecule has 7 heteroatoms. The summed E-state index contributed by atoms with van der Waals surface area (Å²) in [4.78, 5) is 26.6. The Hall–Kier alpha value is -1.76. The maximum absolute atomic E-state index is 12.6. The molecular formula is C15H20N4O2S. The van der Waals surface area contributed by atoms with Gasteiger partial charge in [-0.2, -0.15) is 0 Å². The van der Waals surface area contributed by atoms with Crippen LogP contribution in [0, 0.1) is 0 Å². The summed E-state index contributed by atoms with van der Waals surface area (Å²) >= 11 is 1.57. The number of nitrogens with zero attached hydrogens (tertiary/aromatic N) is 3. The van der Waals surface area contributed by atoms with Gasteiger partial charge in [-0.25, -0.2) is 4.68 Å². The number of thiophene rings is 1. The van der Waals surface area contributed by atoms with Crippen molar-refractivity contribution in [3.8, 4) is 0 Å². The van der Waals surface area contributed by atoms with Crippen molar-refractivity contribution in [2.75, 3.05) is 0 Å². The number of nitrogens with one attached hydrogen (secondary N) is 1. The molecule has 0 radical (unpaired) electrons. The smallest absolute Gasteiger partial charge is 0.279 e. The van der Waals surface area contributed by atoms with E-state index in [0.717, 1.165) is 31.2 Å². The third kappa shape index (κ3) is 2.77. The Morgan fingerprint density at radius 3 is 2.95 bits per heavy atom. The molecule has 2 aromatic heterocycles. The molecule has 1 atom stereocenters. The van der Waals surface area contributed by atoms with Crippen LogP contribution in [0.25, 0.3) is 10.2 Å². The topological polar surface area (TPSA) is 76.9 Å². The third-order valence-corrected chi connectivity index (χ3v) is 5.33. The molecule has 3 rings (SSSR count). The maximum Gasteiger partial charge on any atom is 0.279 e. The van der Waals surface area contributed by atoms with E-state index in [1.165, 1.54) is 16.0 Å². The molecule has 0 aliphatic heterocycles. The Labute approximate surface area is 132 Å². The van der Waals surface area contributed by atoms with Gasteiger partial charge in [0.25, 0.3) is 5.56 Å². The average molecular weight is 320 g/mol. The molecule has 118 valence electrons. The Morgan fingerprint density at radius 1 is 1.41 bits per heavy atom. The fraction of sp³-hybridized carbons (Fsp3) is 0.600. The summed E-state index contributed by atoms with van der Waals surface area (Å²) in [5.41, 5.74) is 0.936. The number of carbonyl (C=O) groups is 1. The SMILES string of the molecule is CCC(C)NC(=O)Cn1nnc2sc3c(c2c1=O)CCCC3. The Bertz CT molecular complexity index is 765. The van der Waals surface area contributed by atoms with Crippen molar-refractivity contribution >= 4 is 27.5 Å². The van der Waals surface area contributed by atoms with E-state index in [4.69, 9.17) is 0 Å². The lowest BCUT2D eigenvalue weighted by Crippen LogP contribution is -2.38. The first-order valence-electron chi connectivity index (χ1n) is 7.77. The second-order valence-corrected chi connectivity index (χ2v) is 6.90. The average Bonchev–Trinajstić information content (AvgIpc) is 2.89. The fourth-order valence-corrected chi connectivity index (χ4v) is 3.97. The number of aromatic nitrogens is 3. The highest BCUT2D eigenvalue weighted by molar-refractivity contribution is 7.18. The van der Waals surface area contributed by atoms with Crippen LogP contribution in [0.15, 0.2) is 4.79 Å². The second-order valence-electron chi connectivity index (χ2n) is 5.82. The normalized spacial score (nSPS) is 15.5. The van der Waals surface area contributed by atoms with Crippen LogP contribution < -0.4 is 10.9 Å². The zero-order valence-electron chi connectivity index (χ0n) is 12.9. The third-order valence-electron chi connectivity index (χ3n) is 4.16. The largest absolute Gasteiger partial charge is 0.352 e. The van der Waals surface area contributed by atoms with E-state index in [2.05, 4.69) is 15.6 Å². The Morgan fingerprint density at radius 2 is 2.18 bits per heavy atom. The van der Waals surface area contributed by atoms with Crippen molar-refractivity contribution in [1.29, 1.82) is 0 Å². The Kier molecular flexibility index (Phi) is 4.24. The van der Waals surface area contributed by atoms with Crippen LogP contribution in [0.5, 0.6) is 0 Å². The van der Waals surface area contributed by atoms with Gasteiger partial charge in [0.1, 0.15) is 6.54 Å². The molecule has 0 spiro atoms. The summed E-state index contributed by atoms with van der Waals surface area (Å²) in [5.74, 6) is -0.200. The zero-order chi connectivity index (χ0) is 15.7. The molecule has 1 aliphatic rings. The molecule has 0 saturated heterocycles. The predicted octanol–water partition coefficient (Wildman–Crippen LogP) is 1.65.